The summed E-state index contributed by atoms with van der Waals surface area (Å²) >= 11 is 0. The summed E-state index contributed by atoms with van der Waals surface area (Å²) in [6.07, 6.45) is 0.607. The molecule has 0 saturated heterocycles. The summed E-state index contributed by atoms with van der Waals surface area (Å²) in [5.41, 5.74) is 1.03. The first kappa shape index (κ1) is 18.9. The van der Waals surface area contributed by atoms with Crippen molar-refractivity contribution in [3.63, 3.8) is 0 Å². The van der Waals surface area contributed by atoms with Gasteiger partial charge in [-0.1, -0.05) is 6.07 Å². The molecule has 0 fully saturated rings. The predicted octanol–water partition coefficient (Wildman–Crippen LogP) is 3.28. The molecule has 2 heterocycles. The molecule has 3 aromatic rings. The summed E-state index contributed by atoms with van der Waals surface area (Å²) < 4.78 is 21.5. The van der Waals surface area contributed by atoms with Crippen molar-refractivity contribution in [2.75, 3.05) is 13.3 Å². The van der Waals surface area contributed by atoms with Gasteiger partial charge in [-0.2, -0.15) is 0 Å². The molecule has 1 N–H and O–H groups in total. The lowest BCUT2D eigenvalue weighted by Gasteiger charge is -2.11. The number of fused-ring (bicyclic) bond motifs is 2. The average molecular weight is 395 g/mol. The van der Waals surface area contributed by atoms with Crippen LogP contribution in [0.25, 0.3) is 11.0 Å². The van der Waals surface area contributed by atoms with Gasteiger partial charge in [-0.15, -0.1) is 0 Å². The van der Waals surface area contributed by atoms with Gasteiger partial charge in [0.25, 0.3) is 5.91 Å². The maximum atomic E-state index is 12.7. The highest BCUT2D eigenvalue weighted by Crippen LogP contribution is 2.32. The molecular weight excluding hydrogens is 374 g/mol. The first-order valence-corrected chi connectivity index (χ1v) is 9.41. The van der Waals surface area contributed by atoms with Gasteiger partial charge in [0.15, 0.2) is 11.5 Å². The Kier molecular flexibility index (Phi) is 5.12. The highest BCUT2D eigenvalue weighted by atomic mass is 16.7. The van der Waals surface area contributed by atoms with E-state index in [1.807, 2.05) is 32.0 Å². The standard InChI is InChI=1S/C22H21NO6/c1-13(2)28-15-4-5-16-17(11-21(24)29-19(16)10-15)22(25)23-8-7-14-3-6-18-20(9-14)27-12-26-18/h3-6,9-11,13H,7-8,12H2,1-2H3,(H,23,25). The number of hydrogen-bond acceptors (Lipinski definition) is 6. The van der Waals surface area contributed by atoms with E-state index in [0.717, 1.165) is 11.3 Å². The summed E-state index contributed by atoms with van der Waals surface area (Å²) in [5.74, 6) is 1.68. The summed E-state index contributed by atoms with van der Waals surface area (Å²) in [7, 11) is 0. The Labute approximate surface area is 167 Å². The number of benzene rings is 2. The van der Waals surface area contributed by atoms with Crippen LogP contribution in [0.4, 0.5) is 0 Å². The van der Waals surface area contributed by atoms with Gasteiger partial charge < -0.3 is 23.9 Å². The van der Waals surface area contributed by atoms with Gasteiger partial charge in [0.05, 0.1) is 11.7 Å². The van der Waals surface area contributed by atoms with Crippen LogP contribution in [0.5, 0.6) is 17.2 Å². The van der Waals surface area contributed by atoms with Crippen LogP contribution in [0.1, 0.15) is 29.8 Å². The zero-order valence-corrected chi connectivity index (χ0v) is 16.2. The zero-order valence-electron chi connectivity index (χ0n) is 16.2. The molecule has 4 rings (SSSR count). The van der Waals surface area contributed by atoms with E-state index in [0.29, 0.717) is 35.4 Å². The molecule has 0 bridgehead atoms. The van der Waals surface area contributed by atoms with Crippen molar-refractivity contribution in [2.45, 2.75) is 26.4 Å². The average Bonchev–Trinajstić information content (AvgIpc) is 3.14. The van der Waals surface area contributed by atoms with Gasteiger partial charge in [-0.25, -0.2) is 4.79 Å². The third kappa shape index (κ3) is 4.18. The SMILES string of the molecule is CC(C)Oc1ccc2c(C(=O)NCCc3ccc4c(c3)OCO4)cc(=O)oc2c1. The van der Waals surface area contributed by atoms with Crippen LogP contribution < -0.4 is 25.2 Å². The second-order valence-electron chi connectivity index (χ2n) is 7.00. The zero-order chi connectivity index (χ0) is 20.4. The van der Waals surface area contributed by atoms with E-state index in [1.165, 1.54) is 6.07 Å². The molecule has 2 aromatic carbocycles. The fourth-order valence-corrected chi connectivity index (χ4v) is 3.19. The first-order valence-electron chi connectivity index (χ1n) is 9.41. The number of ether oxygens (including phenoxy) is 3. The van der Waals surface area contributed by atoms with Gasteiger partial charge in [0, 0.05) is 24.1 Å². The van der Waals surface area contributed by atoms with Crippen molar-refractivity contribution in [2.24, 2.45) is 0 Å². The number of hydrogen-bond donors (Lipinski definition) is 1. The van der Waals surface area contributed by atoms with E-state index >= 15 is 0 Å². The van der Waals surface area contributed by atoms with E-state index in [-0.39, 0.29) is 24.4 Å². The highest BCUT2D eigenvalue weighted by Gasteiger charge is 2.15. The van der Waals surface area contributed by atoms with Crippen LogP contribution in [0.2, 0.25) is 0 Å². The molecule has 1 aliphatic rings. The van der Waals surface area contributed by atoms with E-state index in [2.05, 4.69) is 5.32 Å². The van der Waals surface area contributed by atoms with Gasteiger partial charge in [-0.05, 0) is 50.1 Å². The van der Waals surface area contributed by atoms with E-state index < -0.39 is 5.63 Å². The number of rotatable bonds is 6. The fraction of sp³-hybridized carbons (Fsp3) is 0.273. The summed E-state index contributed by atoms with van der Waals surface area (Å²) in [6.45, 7) is 4.45. The lowest BCUT2D eigenvalue weighted by Crippen LogP contribution is -2.26. The maximum Gasteiger partial charge on any atom is 0.337 e. The Hall–Kier alpha value is -3.48. The number of nitrogens with one attached hydrogen (secondary N) is 1. The predicted molar refractivity (Wildman–Crippen MR) is 107 cm³/mol. The van der Waals surface area contributed by atoms with Gasteiger partial charge in [0.1, 0.15) is 11.3 Å². The van der Waals surface area contributed by atoms with Crippen molar-refractivity contribution in [3.05, 3.63) is 64.0 Å². The molecule has 0 unspecified atom stereocenters. The number of carbonyl (C=O) groups excluding carboxylic acids is 1. The topological polar surface area (TPSA) is 87.0 Å². The normalized spacial score (nSPS) is 12.4. The molecule has 150 valence electrons. The van der Waals surface area contributed by atoms with Crippen LogP contribution in [0.3, 0.4) is 0 Å². The van der Waals surface area contributed by atoms with E-state index in [4.69, 9.17) is 18.6 Å². The third-order valence-electron chi connectivity index (χ3n) is 4.47. The van der Waals surface area contributed by atoms with Gasteiger partial charge in [0.2, 0.25) is 6.79 Å². The molecule has 29 heavy (non-hydrogen) atoms. The second kappa shape index (κ2) is 7.87. The quantitative estimate of drug-likeness (QED) is 0.645. The minimum absolute atomic E-state index is 0.0122. The molecule has 0 aliphatic carbocycles. The molecule has 1 aliphatic heterocycles. The summed E-state index contributed by atoms with van der Waals surface area (Å²) in [6, 6.07) is 12.0. The van der Waals surface area contributed by atoms with Crippen LogP contribution in [0, 0.1) is 0 Å². The van der Waals surface area contributed by atoms with Crippen molar-refractivity contribution < 1.29 is 23.4 Å². The van der Waals surface area contributed by atoms with Crippen LogP contribution in [-0.2, 0) is 6.42 Å². The van der Waals surface area contributed by atoms with Crippen LogP contribution in [-0.4, -0.2) is 25.3 Å². The molecule has 0 spiro atoms. The van der Waals surface area contributed by atoms with Crippen molar-refractivity contribution in [1.29, 1.82) is 0 Å². The fourth-order valence-electron chi connectivity index (χ4n) is 3.19. The Bertz CT molecular complexity index is 1120. The Morgan fingerprint density at radius 3 is 2.76 bits per heavy atom. The van der Waals surface area contributed by atoms with E-state index in [9.17, 15) is 9.59 Å². The van der Waals surface area contributed by atoms with Crippen molar-refractivity contribution >= 4 is 16.9 Å². The molecule has 7 nitrogen and oxygen atoms in total. The minimum atomic E-state index is -0.583. The smallest absolute Gasteiger partial charge is 0.337 e. The molecule has 0 saturated carbocycles. The number of carbonyl (C=O) groups is 1. The molecule has 1 amide bonds. The Morgan fingerprint density at radius 2 is 1.93 bits per heavy atom. The largest absolute Gasteiger partial charge is 0.491 e. The Balaban J connectivity index is 1.48. The molecule has 7 heteroatoms. The highest BCUT2D eigenvalue weighted by molar-refractivity contribution is 6.05. The molecule has 0 atom stereocenters. The van der Waals surface area contributed by atoms with Crippen molar-refractivity contribution in [3.8, 4) is 17.2 Å². The lowest BCUT2D eigenvalue weighted by atomic mass is 10.1. The van der Waals surface area contributed by atoms with Gasteiger partial charge >= 0.3 is 5.63 Å². The van der Waals surface area contributed by atoms with Crippen LogP contribution >= 0.6 is 0 Å². The monoisotopic (exact) mass is 395 g/mol. The molecular formula is C22H21NO6. The van der Waals surface area contributed by atoms with Gasteiger partial charge in [-0.3, -0.25) is 4.79 Å². The summed E-state index contributed by atoms with van der Waals surface area (Å²) in [4.78, 5) is 24.6. The number of amides is 1. The van der Waals surface area contributed by atoms with E-state index in [1.54, 1.807) is 18.2 Å². The maximum absolute atomic E-state index is 12.7. The third-order valence-corrected chi connectivity index (χ3v) is 4.47. The lowest BCUT2D eigenvalue weighted by molar-refractivity contribution is 0.0955. The minimum Gasteiger partial charge on any atom is -0.491 e. The summed E-state index contributed by atoms with van der Waals surface area (Å²) in [5, 5.41) is 3.42. The molecule has 1 aromatic heterocycles. The van der Waals surface area contributed by atoms with Crippen LogP contribution in [0.15, 0.2) is 51.7 Å². The van der Waals surface area contributed by atoms with Crippen molar-refractivity contribution in [1.82, 2.24) is 5.32 Å². The first-order chi connectivity index (χ1) is 14.0. The second-order valence-corrected chi connectivity index (χ2v) is 7.00. The Morgan fingerprint density at radius 1 is 1.10 bits per heavy atom. The molecule has 0 radical (unpaired) electrons.